The van der Waals surface area contributed by atoms with Crippen molar-refractivity contribution < 1.29 is 0 Å². The van der Waals surface area contributed by atoms with Gasteiger partial charge in [-0.15, -0.1) is 0 Å². The molecule has 3 heteroatoms. The van der Waals surface area contributed by atoms with E-state index in [-0.39, 0.29) is 0 Å². The van der Waals surface area contributed by atoms with Gasteiger partial charge in [0.15, 0.2) is 0 Å². The van der Waals surface area contributed by atoms with Crippen LogP contribution in [0.1, 0.15) is 33.1 Å². The molecule has 2 aliphatic rings. The van der Waals surface area contributed by atoms with E-state index in [1.54, 1.807) is 5.54 Å². The second-order valence-corrected chi connectivity index (χ2v) is 5.52. The van der Waals surface area contributed by atoms with Gasteiger partial charge in [0.25, 0.3) is 0 Å². The van der Waals surface area contributed by atoms with Crippen molar-refractivity contribution in [3.8, 4) is 0 Å². The Balaban J connectivity index is 1.93. The van der Waals surface area contributed by atoms with Crippen molar-refractivity contribution in [3.05, 3.63) is 11.1 Å². The molecule has 2 fully saturated rings. The van der Waals surface area contributed by atoms with Crippen LogP contribution in [0.15, 0.2) is 11.1 Å². The SMILES string of the molecule is CCC1CNC(C2CC2)CN1CC(C)=CCl. The van der Waals surface area contributed by atoms with Gasteiger partial charge in [0.2, 0.25) is 0 Å². The minimum Gasteiger partial charge on any atom is -0.311 e. The fourth-order valence-corrected chi connectivity index (χ4v) is 2.72. The molecule has 2 rings (SSSR count). The quantitative estimate of drug-likeness (QED) is 0.815. The predicted molar refractivity (Wildman–Crippen MR) is 69.8 cm³/mol. The zero-order valence-corrected chi connectivity index (χ0v) is 11.1. The molecule has 0 radical (unpaired) electrons. The van der Waals surface area contributed by atoms with E-state index in [1.807, 2.05) is 0 Å². The number of hydrogen-bond acceptors (Lipinski definition) is 2. The first kappa shape index (κ1) is 12.4. The second kappa shape index (κ2) is 5.52. The molecular weight excluding hydrogens is 220 g/mol. The molecule has 0 aromatic heterocycles. The molecule has 0 aromatic rings. The summed E-state index contributed by atoms with van der Waals surface area (Å²) in [7, 11) is 0. The standard InChI is InChI=1S/C13H23ClN2/c1-3-12-7-15-13(11-4-5-11)9-16(12)8-10(2)6-14/h6,11-13,15H,3-5,7-9H2,1-2H3. The number of rotatable bonds is 4. The molecular formula is C13H23ClN2. The largest absolute Gasteiger partial charge is 0.311 e. The molecule has 0 spiro atoms. The number of nitrogens with zero attached hydrogens (tertiary/aromatic N) is 1. The first-order valence-electron chi connectivity index (χ1n) is 6.48. The third-order valence-electron chi connectivity index (χ3n) is 3.86. The first-order valence-corrected chi connectivity index (χ1v) is 6.91. The molecule has 1 heterocycles. The third kappa shape index (κ3) is 2.99. The van der Waals surface area contributed by atoms with Crippen LogP contribution in [0.25, 0.3) is 0 Å². The van der Waals surface area contributed by atoms with Crippen LogP contribution < -0.4 is 5.32 Å². The Morgan fingerprint density at radius 2 is 2.25 bits per heavy atom. The highest BCUT2D eigenvalue weighted by molar-refractivity contribution is 6.25. The van der Waals surface area contributed by atoms with Crippen molar-refractivity contribution in [1.29, 1.82) is 0 Å². The number of halogens is 1. The minimum absolute atomic E-state index is 0.682. The Morgan fingerprint density at radius 3 is 2.81 bits per heavy atom. The van der Waals surface area contributed by atoms with Crippen molar-refractivity contribution in [2.75, 3.05) is 19.6 Å². The molecule has 0 amide bonds. The normalized spacial score (nSPS) is 33.1. The molecule has 1 aliphatic heterocycles. The summed E-state index contributed by atoms with van der Waals surface area (Å²) in [5, 5.41) is 3.71. The summed E-state index contributed by atoms with van der Waals surface area (Å²) in [6.45, 7) is 7.77. The Morgan fingerprint density at radius 1 is 1.50 bits per heavy atom. The van der Waals surface area contributed by atoms with Gasteiger partial charge in [0.05, 0.1) is 0 Å². The van der Waals surface area contributed by atoms with Gasteiger partial charge in [-0.1, -0.05) is 18.5 Å². The molecule has 1 saturated carbocycles. The van der Waals surface area contributed by atoms with Gasteiger partial charge in [-0.25, -0.2) is 0 Å². The summed E-state index contributed by atoms with van der Waals surface area (Å²) in [6.07, 6.45) is 4.07. The molecule has 2 unspecified atom stereocenters. The zero-order chi connectivity index (χ0) is 11.5. The Kier molecular flexibility index (Phi) is 4.28. The highest BCUT2D eigenvalue weighted by atomic mass is 35.5. The van der Waals surface area contributed by atoms with E-state index in [9.17, 15) is 0 Å². The van der Waals surface area contributed by atoms with Gasteiger partial charge in [-0.05, 0) is 37.7 Å². The van der Waals surface area contributed by atoms with Crippen LogP contribution in [0.5, 0.6) is 0 Å². The lowest BCUT2D eigenvalue weighted by Gasteiger charge is -2.40. The van der Waals surface area contributed by atoms with Crippen molar-refractivity contribution in [2.24, 2.45) is 5.92 Å². The Bertz CT molecular complexity index is 261. The Labute approximate surface area is 104 Å². The van der Waals surface area contributed by atoms with Crippen LogP contribution in [0.3, 0.4) is 0 Å². The van der Waals surface area contributed by atoms with E-state index in [1.165, 1.54) is 31.4 Å². The molecule has 1 saturated heterocycles. The van der Waals surface area contributed by atoms with E-state index in [2.05, 4.69) is 24.1 Å². The van der Waals surface area contributed by atoms with Crippen LogP contribution in [0.2, 0.25) is 0 Å². The van der Waals surface area contributed by atoms with Gasteiger partial charge in [-0.2, -0.15) is 0 Å². The maximum atomic E-state index is 5.77. The lowest BCUT2D eigenvalue weighted by atomic mass is 10.0. The van der Waals surface area contributed by atoms with Gasteiger partial charge >= 0.3 is 0 Å². The average molecular weight is 243 g/mol. The maximum absolute atomic E-state index is 5.77. The molecule has 92 valence electrons. The monoisotopic (exact) mass is 242 g/mol. The topological polar surface area (TPSA) is 15.3 Å². The van der Waals surface area contributed by atoms with Crippen LogP contribution in [-0.4, -0.2) is 36.6 Å². The Hall–Kier alpha value is -0.0500. The van der Waals surface area contributed by atoms with Crippen LogP contribution in [0, 0.1) is 5.92 Å². The summed E-state index contributed by atoms with van der Waals surface area (Å²) in [5.74, 6) is 0.945. The second-order valence-electron chi connectivity index (χ2n) is 5.30. The fraction of sp³-hybridized carbons (Fsp3) is 0.846. The number of nitrogens with one attached hydrogen (secondary N) is 1. The van der Waals surface area contributed by atoms with Gasteiger partial charge in [-0.3, -0.25) is 4.90 Å². The van der Waals surface area contributed by atoms with Crippen LogP contribution in [-0.2, 0) is 0 Å². The molecule has 1 N–H and O–H groups in total. The van der Waals surface area contributed by atoms with Crippen molar-refractivity contribution in [3.63, 3.8) is 0 Å². The van der Waals surface area contributed by atoms with Crippen molar-refractivity contribution in [2.45, 2.75) is 45.2 Å². The van der Waals surface area contributed by atoms with Gasteiger partial charge in [0, 0.05) is 37.3 Å². The molecule has 0 aromatic carbocycles. The maximum Gasteiger partial charge on any atom is 0.0224 e. The minimum atomic E-state index is 0.682. The first-order chi connectivity index (χ1) is 7.74. The summed E-state index contributed by atoms with van der Waals surface area (Å²) >= 11 is 5.77. The summed E-state index contributed by atoms with van der Waals surface area (Å²) in [6, 6.07) is 1.41. The lowest BCUT2D eigenvalue weighted by molar-refractivity contribution is 0.130. The molecule has 2 atom stereocenters. The lowest BCUT2D eigenvalue weighted by Crippen LogP contribution is -2.57. The van der Waals surface area contributed by atoms with Gasteiger partial charge in [0.1, 0.15) is 0 Å². The smallest absolute Gasteiger partial charge is 0.0224 e. The third-order valence-corrected chi connectivity index (χ3v) is 4.24. The van der Waals surface area contributed by atoms with E-state index in [0.29, 0.717) is 6.04 Å². The summed E-state index contributed by atoms with van der Waals surface area (Å²) in [4.78, 5) is 2.60. The summed E-state index contributed by atoms with van der Waals surface area (Å²) in [5.41, 5.74) is 3.00. The van der Waals surface area contributed by atoms with Crippen LogP contribution in [0.4, 0.5) is 0 Å². The van der Waals surface area contributed by atoms with Gasteiger partial charge < -0.3 is 5.32 Å². The number of hydrogen-bond donors (Lipinski definition) is 1. The van der Waals surface area contributed by atoms with Crippen LogP contribution >= 0.6 is 11.6 Å². The zero-order valence-electron chi connectivity index (χ0n) is 10.4. The van der Waals surface area contributed by atoms with E-state index in [4.69, 9.17) is 11.6 Å². The van der Waals surface area contributed by atoms with Crippen molar-refractivity contribution in [1.82, 2.24) is 10.2 Å². The fourth-order valence-electron chi connectivity index (χ4n) is 2.65. The van der Waals surface area contributed by atoms with Crippen molar-refractivity contribution >= 4 is 11.6 Å². The highest BCUT2D eigenvalue weighted by Crippen LogP contribution is 2.34. The number of piperazine rings is 1. The molecule has 1 aliphatic carbocycles. The molecule has 16 heavy (non-hydrogen) atoms. The molecule has 2 nitrogen and oxygen atoms in total. The van der Waals surface area contributed by atoms with E-state index >= 15 is 0 Å². The highest BCUT2D eigenvalue weighted by Gasteiger charge is 2.36. The predicted octanol–water partition coefficient (Wildman–Crippen LogP) is 2.59. The van der Waals surface area contributed by atoms with E-state index in [0.717, 1.165) is 25.0 Å². The molecule has 0 bridgehead atoms. The van der Waals surface area contributed by atoms with E-state index < -0.39 is 0 Å². The average Bonchev–Trinajstić information content (AvgIpc) is 3.12. The summed E-state index contributed by atoms with van der Waals surface area (Å²) < 4.78 is 0.